The zero-order chi connectivity index (χ0) is 16.4. The summed E-state index contributed by atoms with van der Waals surface area (Å²) in [7, 11) is 1.66. The van der Waals surface area contributed by atoms with Crippen LogP contribution in [0.3, 0.4) is 0 Å². The van der Waals surface area contributed by atoms with E-state index < -0.39 is 12.0 Å². The standard InChI is InChI=1S/C17H19N3O3/c1-20-14(8-9-18-20)15(17(22)23)19-16(21)13-7-6-11-4-2-3-5-12(11)10-13/h2-5,8-9,13,15H,6-7,10H2,1H3,(H,19,21)(H,22,23). The molecule has 2 atom stereocenters. The third-order valence-corrected chi connectivity index (χ3v) is 4.41. The summed E-state index contributed by atoms with van der Waals surface area (Å²) in [5.41, 5.74) is 2.91. The van der Waals surface area contributed by atoms with Crippen LogP contribution < -0.4 is 5.32 Å². The van der Waals surface area contributed by atoms with Gasteiger partial charge < -0.3 is 10.4 Å². The van der Waals surface area contributed by atoms with E-state index >= 15 is 0 Å². The van der Waals surface area contributed by atoms with Gasteiger partial charge in [0.25, 0.3) is 0 Å². The van der Waals surface area contributed by atoms with Crippen LogP contribution >= 0.6 is 0 Å². The summed E-state index contributed by atoms with van der Waals surface area (Å²) in [4.78, 5) is 24.0. The highest BCUT2D eigenvalue weighted by molar-refractivity contribution is 5.86. The Hall–Kier alpha value is -2.63. The number of amides is 1. The molecular weight excluding hydrogens is 294 g/mol. The molecule has 0 fully saturated rings. The minimum absolute atomic E-state index is 0.194. The van der Waals surface area contributed by atoms with Crippen LogP contribution in [0.5, 0.6) is 0 Å². The fourth-order valence-electron chi connectivity index (χ4n) is 3.11. The number of hydrogen-bond donors (Lipinski definition) is 2. The molecule has 6 nitrogen and oxygen atoms in total. The number of nitrogens with one attached hydrogen (secondary N) is 1. The molecule has 1 amide bonds. The molecule has 6 heteroatoms. The van der Waals surface area contributed by atoms with Gasteiger partial charge in [-0.1, -0.05) is 24.3 Å². The van der Waals surface area contributed by atoms with E-state index in [-0.39, 0.29) is 11.8 Å². The molecule has 23 heavy (non-hydrogen) atoms. The lowest BCUT2D eigenvalue weighted by molar-refractivity contribution is -0.143. The maximum Gasteiger partial charge on any atom is 0.332 e. The van der Waals surface area contributed by atoms with Gasteiger partial charge in [0.2, 0.25) is 5.91 Å². The van der Waals surface area contributed by atoms with Crippen molar-refractivity contribution in [3.63, 3.8) is 0 Å². The molecule has 0 saturated carbocycles. The molecule has 2 unspecified atom stereocenters. The average molecular weight is 313 g/mol. The summed E-state index contributed by atoms with van der Waals surface area (Å²) >= 11 is 0. The van der Waals surface area contributed by atoms with E-state index in [9.17, 15) is 14.7 Å². The van der Waals surface area contributed by atoms with Crippen LogP contribution in [0.2, 0.25) is 0 Å². The van der Waals surface area contributed by atoms with Gasteiger partial charge in [0.1, 0.15) is 0 Å². The number of carboxylic acids is 1. The van der Waals surface area contributed by atoms with Crippen molar-refractivity contribution in [2.75, 3.05) is 0 Å². The molecule has 0 saturated heterocycles. The Balaban J connectivity index is 1.73. The highest BCUT2D eigenvalue weighted by Crippen LogP contribution is 2.26. The van der Waals surface area contributed by atoms with E-state index in [1.807, 2.05) is 18.2 Å². The molecule has 0 aliphatic heterocycles. The van der Waals surface area contributed by atoms with Crippen LogP contribution in [-0.2, 0) is 29.5 Å². The maximum atomic E-state index is 12.5. The lowest BCUT2D eigenvalue weighted by Gasteiger charge is -2.25. The van der Waals surface area contributed by atoms with E-state index in [1.54, 1.807) is 13.1 Å². The van der Waals surface area contributed by atoms with Crippen LogP contribution in [-0.4, -0.2) is 26.8 Å². The average Bonchev–Trinajstić information content (AvgIpc) is 2.97. The molecule has 120 valence electrons. The summed E-state index contributed by atoms with van der Waals surface area (Å²) in [6.45, 7) is 0. The molecular formula is C17H19N3O3. The third-order valence-electron chi connectivity index (χ3n) is 4.41. The first kappa shape index (κ1) is 15.3. The Morgan fingerprint density at radius 2 is 2.04 bits per heavy atom. The largest absolute Gasteiger partial charge is 0.479 e. The van der Waals surface area contributed by atoms with Crippen LogP contribution in [0, 0.1) is 5.92 Å². The predicted octanol–water partition coefficient (Wildman–Crippen LogP) is 1.47. The predicted molar refractivity (Wildman–Crippen MR) is 83.7 cm³/mol. The number of aromatic nitrogens is 2. The Morgan fingerprint density at radius 3 is 2.70 bits per heavy atom. The number of fused-ring (bicyclic) bond motifs is 1. The molecule has 1 heterocycles. The third kappa shape index (κ3) is 3.11. The van der Waals surface area contributed by atoms with Gasteiger partial charge in [0.15, 0.2) is 6.04 Å². The Labute approximate surface area is 134 Å². The first-order valence-electron chi connectivity index (χ1n) is 7.64. The van der Waals surface area contributed by atoms with E-state index in [2.05, 4.69) is 16.5 Å². The quantitative estimate of drug-likeness (QED) is 0.895. The fourth-order valence-corrected chi connectivity index (χ4v) is 3.11. The highest BCUT2D eigenvalue weighted by Gasteiger charge is 2.30. The summed E-state index contributed by atoms with van der Waals surface area (Å²) in [6.07, 6.45) is 3.76. The van der Waals surface area contributed by atoms with Crippen molar-refractivity contribution >= 4 is 11.9 Å². The monoisotopic (exact) mass is 313 g/mol. The molecule has 0 radical (unpaired) electrons. The van der Waals surface area contributed by atoms with Gasteiger partial charge in [-0.25, -0.2) is 4.79 Å². The van der Waals surface area contributed by atoms with Crippen molar-refractivity contribution in [2.24, 2.45) is 13.0 Å². The fraction of sp³-hybridized carbons (Fsp3) is 0.353. The van der Waals surface area contributed by atoms with Crippen molar-refractivity contribution < 1.29 is 14.7 Å². The van der Waals surface area contributed by atoms with E-state index in [4.69, 9.17) is 0 Å². The van der Waals surface area contributed by atoms with Crippen molar-refractivity contribution in [3.05, 3.63) is 53.3 Å². The normalized spacial score (nSPS) is 18.0. The zero-order valence-corrected chi connectivity index (χ0v) is 12.9. The molecule has 3 rings (SSSR count). The number of carbonyl (C=O) groups is 2. The molecule has 1 aliphatic carbocycles. The van der Waals surface area contributed by atoms with Gasteiger partial charge in [-0.05, 0) is 36.5 Å². The molecule has 1 aromatic heterocycles. The number of aryl methyl sites for hydroxylation is 2. The molecule has 0 spiro atoms. The lowest BCUT2D eigenvalue weighted by atomic mass is 9.83. The second kappa shape index (κ2) is 6.24. The van der Waals surface area contributed by atoms with Gasteiger partial charge in [-0.3, -0.25) is 9.48 Å². The summed E-state index contributed by atoms with van der Waals surface area (Å²) in [6, 6.07) is 8.61. The molecule has 0 bridgehead atoms. The van der Waals surface area contributed by atoms with Crippen LogP contribution in [0.4, 0.5) is 0 Å². The van der Waals surface area contributed by atoms with E-state index in [0.717, 1.165) is 12.8 Å². The first-order valence-corrected chi connectivity index (χ1v) is 7.64. The van der Waals surface area contributed by atoms with Crippen molar-refractivity contribution in [2.45, 2.75) is 25.3 Å². The highest BCUT2D eigenvalue weighted by atomic mass is 16.4. The van der Waals surface area contributed by atoms with Gasteiger partial charge in [0, 0.05) is 19.2 Å². The molecule has 1 aliphatic rings. The zero-order valence-electron chi connectivity index (χ0n) is 12.9. The number of benzene rings is 1. The van der Waals surface area contributed by atoms with E-state index in [1.165, 1.54) is 22.0 Å². The van der Waals surface area contributed by atoms with E-state index in [0.29, 0.717) is 12.1 Å². The number of carboxylic acid groups (broad SMARTS) is 1. The number of aliphatic carboxylic acids is 1. The number of carbonyl (C=O) groups excluding carboxylic acids is 1. The van der Waals surface area contributed by atoms with Gasteiger partial charge in [0.05, 0.1) is 5.69 Å². The summed E-state index contributed by atoms with van der Waals surface area (Å²) in [5, 5.41) is 16.1. The lowest BCUT2D eigenvalue weighted by Crippen LogP contribution is -2.40. The Morgan fingerprint density at radius 1 is 1.30 bits per heavy atom. The molecule has 1 aromatic carbocycles. The Bertz CT molecular complexity index is 738. The molecule has 2 aromatic rings. The second-order valence-electron chi connectivity index (χ2n) is 5.87. The number of nitrogens with zero attached hydrogens (tertiary/aromatic N) is 2. The van der Waals surface area contributed by atoms with Gasteiger partial charge in [-0.15, -0.1) is 0 Å². The van der Waals surface area contributed by atoms with Crippen LogP contribution in [0.25, 0.3) is 0 Å². The van der Waals surface area contributed by atoms with Crippen molar-refractivity contribution in [1.29, 1.82) is 0 Å². The topological polar surface area (TPSA) is 84.2 Å². The second-order valence-corrected chi connectivity index (χ2v) is 5.87. The summed E-state index contributed by atoms with van der Waals surface area (Å²) < 4.78 is 1.47. The van der Waals surface area contributed by atoms with Gasteiger partial charge in [-0.2, -0.15) is 5.10 Å². The SMILES string of the molecule is Cn1nccc1C(NC(=O)C1CCc2ccccc2C1)C(=O)O. The van der Waals surface area contributed by atoms with Gasteiger partial charge >= 0.3 is 5.97 Å². The van der Waals surface area contributed by atoms with Crippen LogP contribution in [0.15, 0.2) is 36.5 Å². The minimum atomic E-state index is -1.09. The minimum Gasteiger partial charge on any atom is -0.479 e. The Kier molecular flexibility index (Phi) is 4.14. The van der Waals surface area contributed by atoms with Crippen LogP contribution in [0.1, 0.15) is 29.3 Å². The first-order chi connectivity index (χ1) is 11.1. The number of rotatable bonds is 4. The summed E-state index contributed by atoms with van der Waals surface area (Å²) in [5.74, 6) is -1.49. The number of hydrogen-bond acceptors (Lipinski definition) is 3. The van der Waals surface area contributed by atoms with Crippen molar-refractivity contribution in [3.8, 4) is 0 Å². The van der Waals surface area contributed by atoms with Crippen molar-refractivity contribution in [1.82, 2.24) is 15.1 Å². The maximum absolute atomic E-state index is 12.5. The smallest absolute Gasteiger partial charge is 0.332 e. The molecule has 2 N–H and O–H groups in total.